The Labute approximate surface area is 168 Å². The number of nitrogens with zero attached hydrogens (tertiary/aromatic N) is 1. The number of hydrogen-bond donors (Lipinski definition) is 1. The second-order valence-corrected chi connectivity index (χ2v) is 8.23. The van der Waals surface area contributed by atoms with Gasteiger partial charge >= 0.3 is 0 Å². The third-order valence-electron chi connectivity index (χ3n) is 5.66. The molecule has 1 aliphatic rings. The summed E-state index contributed by atoms with van der Waals surface area (Å²) in [5.41, 5.74) is 2.49. The molecule has 1 unspecified atom stereocenters. The van der Waals surface area contributed by atoms with E-state index in [0.29, 0.717) is 13.0 Å². The molecule has 1 N–H and O–H groups in total. The van der Waals surface area contributed by atoms with Gasteiger partial charge in [-0.2, -0.15) is 0 Å². The zero-order valence-electron chi connectivity index (χ0n) is 17.2. The first-order valence-corrected chi connectivity index (χ1v) is 10.1. The number of hydrogen-bond acceptors (Lipinski definition) is 4. The molecule has 28 heavy (non-hydrogen) atoms. The van der Waals surface area contributed by atoms with E-state index in [1.54, 1.807) is 6.26 Å². The highest BCUT2D eigenvalue weighted by atomic mass is 16.5. The molecule has 0 spiro atoms. The van der Waals surface area contributed by atoms with Gasteiger partial charge in [0.1, 0.15) is 5.76 Å². The third-order valence-corrected chi connectivity index (χ3v) is 5.66. The maximum Gasteiger partial charge on any atom is 0.220 e. The van der Waals surface area contributed by atoms with E-state index >= 15 is 0 Å². The fraction of sp³-hybridized carbons (Fsp3) is 0.522. The Kier molecular flexibility index (Phi) is 6.92. The van der Waals surface area contributed by atoms with Crippen LogP contribution in [0, 0.1) is 6.92 Å². The van der Waals surface area contributed by atoms with E-state index in [0.717, 1.165) is 38.5 Å². The van der Waals surface area contributed by atoms with Crippen LogP contribution in [0.2, 0.25) is 0 Å². The molecule has 152 valence electrons. The molecule has 2 aromatic rings. The van der Waals surface area contributed by atoms with Crippen molar-refractivity contribution in [2.75, 3.05) is 32.8 Å². The van der Waals surface area contributed by atoms with Crippen LogP contribution in [0.1, 0.15) is 49.6 Å². The number of carbonyl (C=O) groups is 1. The molecule has 1 fully saturated rings. The summed E-state index contributed by atoms with van der Waals surface area (Å²) in [6, 6.07) is 12.5. The molecule has 1 aromatic heterocycles. The molecule has 0 saturated carbocycles. The Balaban J connectivity index is 1.53. The van der Waals surface area contributed by atoms with Gasteiger partial charge in [-0.25, -0.2) is 0 Å². The number of carbonyl (C=O) groups excluding carboxylic acids is 1. The lowest BCUT2D eigenvalue weighted by molar-refractivity contribution is -0.121. The highest BCUT2D eigenvalue weighted by molar-refractivity contribution is 5.76. The van der Waals surface area contributed by atoms with E-state index in [1.165, 1.54) is 11.1 Å². The molecule has 5 heteroatoms. The van der Waals surface area contributed by atoms with Gasteiger partial charge in [0.25, 0.3) is 0 Å². The van der Waals surface area contributed by atoms with Crippen molar-refractivity contribution in [1.82, 2.24) is 10.2 Å². The number of nitrogens with one attached hydrogen (secondary N) is 1. The number of furan rings is 1. The molecular weight excluding hydrogens is 352 g/mol. The van der Waals surface area contributed by atoms with Crippen LogP contribution in [0.25, 0.3) is 0 Å². The minimum absolute atomic E-state index is 0.0321. The third kappa shape index (κ3) is 5.46. The Morgan fingerprint density at radius 2 is 1.89 bits per heavy atom. The molecule has 0 radical (unpaired) electrons. The molecule has 1 amide bonds. The highest BCUT2D eigenvalue weighted by Crippen LogP contribution is 2.28. The van der Waals surface area contributed by atoms with Gasteiger partial charge in [-0.05, 0) is 36.5 Å². The standard InChI is InChI=1S/C23H32N2O3/c1-18-6-8-19(9-7-18)23(2,3)11-10-22(26)24-17-20(21-5-4-14-28-21)25-12-15-27-16-13-25/h4-9,14,20H,10-13,15-17H2,1-3H3,(H,24,26). The van der Waals surface area contributed by atoms with Gasteiger partial charge in [-0.3, -0.25) is 9.69 Å². The summed E-state index contributed by atoms with van der Waals surface area (Å²) in [7, 11) is 0. The first kappa shape index (κ1) is 20.6. The maximum atomic E-state index is 12.5. The number of ether oxygens (including phenoxy) is 1. The summed E-state index contributed by atoms with van der Waals surface area (Å²) in [5.74, 6) is 0.979. The van der Waals surface area contributed by atoms with Crippen LogP contribution in [0.3, 0.4) is 0 Å². The van der Waals surface area contributed by atoms with Crippen molar-refractivity contribution in [1.29, 1.82) is 0 Å². The van der Waals surface area contributed by atoms with Crippen LogP contribution in [-0.2, 0) is 14.9 Å². The minimum atomic E-state index is -0.0321. The van der Waals surface area contributed by atoms with E-state index in [1.807, 2.05) is 12.1 Å². The Morgan fingerprint density at radius 1 is 1.18 bits per heavy atom. The first-order valence-electron chi connectivity index (χ1n) is 10.1. The molecule has 1 aromatic carbocycles. The lowest BCUT2D eigenvalue weighted by atomic mass is 9.80. The molecule has 0 bridgehead atoms. The summed E-state index contributed by atoms with van der Waals surface area (Å²) in [4.78, 5) is 14.9. The second-order valence-electron chi connectivity index (χ2n) is 8.23. The Morgan fingerprint density at radius 3 is 2.54 bits per heavy atom. The molecule has 3 rings (SSSR count). The monoisotopic (exact) mass is 384 g/mol. The molecule has 1 atom stereocenters. The molecule has 5 nitrogen and oxygen atoms in total. The molecular formula is C23H32N2O3. The zero-order valence-corrected chi connectivity index (χ0v) is 17.2. The van der Waals surface area contributed by atoms with E-state index in [4.69, 9.17) is 9.15 Å². The molecule has 1 saturated heterocycles. The van der Waals surface area contributed by atoms with Crippen LogP contribution < -0.4 is 5.32 Å². The fourth-order valence-electron chi connectivity index (χ4n) is 3.65. The van der Waals surface area contributed by atoms with Crippen molar-refractivity contribution in [2.24, 2.45) is 0 Å². The van der Waals surface area contributed by atoms with E-state index in [2.05, 4.69) is 55.3 Å². The average Bonchev–Trinajstić information content (AvgIpc) is 3.22. The van der Waals surface area contributed by atoms with Crippen molar-refractivity contribution in [2.45, 2.75) is 45.1 Å². The van der Waals surface area contributed by atoms with Gasteiger partial charge < -0.3 is 14.5 Å². The highest BCUT2D eigenvalue weighted by Gasteiger charge is 2.26. The van der Waals surface area contributed by atoms with Gasteiger partial charge in [0.15, 0.2) is 0 Å². The zero-order chi connectivity index (χ0) is 20.0. The van der Waals surface area contributed by atoms with Crippen molar-refractivity contribution in [3.8, 4) is 0 Å². The van der Waals surface area contributed by atoms with Crippen molar-refractivity contribution < 1.29 is 13.9 Å². The Bertz CT molecular complexity index is 732. The lowest BCUT2D eigenvalue weighted by Crippen LogP contribution is -2.43. The summed E-state index contributed by atoms with van der Waals surface area (Å²) < 4.78 is 11.1. The number of aryl methyl sites for hydroxylation is 1. The summed E-state index contributed by atoms with van der Waals surface area (Å²) >= 11 is 0. The van der Waals surface area contributed by atoms with E-state index < -0.39 is 0 Å². The van der Waals surface area contributed by atoms with E-state index in [-0.39, 0.29) is 17.4 Å². The topological polar surface area (TPSA) is 54.7 Å². The lowest BCUT2D eigenvalue weighted by Gasteiger charge is -2.33. The normalized spacial score (nSPS) is 16.7. The minimum Gasteiger partial charge on any atom is -0.468 e. The predicted molar refractivity (Wildman–Crippen MR) is 110 cm³/mol. The van der Waals surface area contributed by atoms with Gasteiger partial charge in [0.05, 0.1) is 25.5 Å². The van der Waals surface area contributed by atoms with Crippen LogP contribution in [-0.4, -0.2) is 43.7 Å². The van der Waals surface area contributed by atoms with Gasteiger partial charge in [0.2, 0.25) is 5.91 Å². The van der Waals surface area contributed by atoms with Crippen molar-refractivity contribution in [3.63, 3.8) is 0 Å². The van der Waals surface area contributed by atoms with Crippen LogP contribution in [0.15, 0.2) is 47.1 Å². The van der Waals surface area contributed by atoms with Gasteiger partial charge in [-0.15, -0.1) is 0 Å². The molecule has 0 aliphatic carbocycles. The second kappa shape index (κ2) is 9.39. The molecule has 1 aliphatic heterocycles. The number of amides is 1. The summed E-state index contributed by atoms with van der Waals surface area (Å²) in [5, 5.41) is 3.12. The maximum absolute atomic E-state index is 12.5. The SMILES string of the molecule is Cc1ccc(C(C)(C)CCC(=O)NCC(c2ccco2)N2CCOCC2)cc1. The number of benzene rings is 1. The number of morpholine rings is 1. The van der Waals surface area contributed by atoms with Crippen molar-refractivity contribution >= 4 is 5.91 Å². The average molecular weight is 385 g/mol. The largest absolute Gasteiger partial charge is 0.468 e. The van der Waals surface area contributed by atoms with Crippen LogP contribution in [0.5, 0.6) is 0 Å². The van der Waals surface area contributed by atoms with Gasteiger partial charge in [-0.1, -0.05) is 43.7 Å². The quantitative estimate of drug-likeness (QED) is 0.751. The van der Waals surface area contributed by atoms with Gasteiger partial charge in [0, 0.05) is 26.1 Å². The Hall–Kier alpha value is -2.11. The van der Waals surface area contributed by atoms with Crippen molar-refractivity contribution in [3.05, 3.63) is 59.5 Å². The summed E-state index contributed by atoms with van der Waals surface area (Å²) in [6.07, 6.45) is 3.01. The number of rotatable bonds is 8. The smallest absolute Gasteiger partial charge is 0.220 e. The van der Waals surface area contributed by atoms with Crippen LogP contribution >= 0.6 is 0 Å². The van der Waals surface area contributed by atoms with E-state index in [9.17, 15) is 4.79 Å². The van der Waals surface area contributed by atoms with Crippen LogP contribution in [0.4, 0.5) is 0 Å². The fourth-order valence-corrected chi connectivity index (χ4v) is 3.65. The molecule has 2 heterocycles. The first-order chi connectivity index (χ1) is 13.5. The summed E-state index contributed by atoms with van der Waals surface area (Å²) in [6.45, 7) is 10.2. The predicted octanol–water partition coefficient (Wildman–Crippen LogP) is 3.84.